The molecule has 3 aromatic rings. The van der Waals surface area contributed by atoms with E-state index in [4.69, 9.17) is 19.6 Å². The average Bonchev–Trinajstić information content (AvgIpc) is 3.33. The highest BCUT2D eigenvalue weighted by Crippen LogP contribution is 2.29. The molecule has 34 heavy (non-hydrogen) atoms. The normalized spacial score (nSPS) is 13.9. The number of aromatic nitrogens is 1. The van der Waals surface area contributed by atoms with Crippen LogP contribution in [-0.2, 0) is 11.3 Å². The average molecular weight is 488 g/mol. The first-order valence-corrected chi connectivity index (χ1v) is 12.3. The third-order valence-electron chi connectivity index (χ3n) is 5.30. The molecule has 0 atom stereocenters. The van der Waals surface area contributed by atoms with Gasteiger partial charge >= 0.3 is 6.09 Å². The van der Waals surface area contributed by atoms with Gasteiger partial charge in [-0.2, -0.15) is 0 Å². The molecule has 1 fully saturated rings. The fourth-order valence-corrected chi connectivity index (χ4v) is 4.30. The summed E-state index contributed by atoms with van der Waals surface area (Å²) >= 11 is 1.56. The fourth-order valence-electron chi connectivity index (χ4n) is 3.61. The molecule has 0 bridgehead atoms. The van der Waals surface area contributed by atoms with E-state index < -0.39 is 5.91 Å². The number of thiazole rings is 1. The molecule has 1 aliphatic heterocycles. The van der Waals surface area contributed by atoms with Gasteiger partial charge in [-0.25, -0.2) is 9.78 Å². The van der Waals surface area contributed by atoms with Gasteiger partial charge in [-0.3, -0.25) is 4.79 Å². The Balaban J connectivity index is 0.000000215. The quantitative estimate of drug-likeness (QED) is 0.514. The topological polar surface area (TPSA) is 108 Å². The van der Waals surface area contributed by atoms with Gasteiger partial charge in [-0.05, 0) is 72.1 Å². The van der Waals surface area contributed by atoms with Crippen LogP contribution in [0.25, 0.3) is 11.0 Å². The Kier molecular flexibility index (Phi) is 8.19. The Hall–Kier alpha value is -3.07. The van der Waals surface area contributed by atoms with Gasteiger partial charge in [-0.15, -0.1) is 11.3 Å². The third kappa shape index (κ3) is 6.72. The number of furan rings is 1. The monoisotopic (exact) mass is 487 g/mol. The van der Waals surface area contributed by atoms with Crippen molar-refractivity contribution in [1.82, 2.24) is 9.88 Å². The van der Waals surface area contributed by atoms with Crippen molar-refractivity contribution in [2.24, 2.45) is 5.73 Å². The molecule has 2 aromatic heterocycles. The molecule has 1 aliphatic rings. The SMILES string of the molecule is CC(C)(C)OC(=O)N1CCCCC1.Cc1ncsc1COc1ccc2oc(C)c(C(N)=O)c2c1. The zero-order valence-corrected chi connectivity index (χ0v) is 21.3. The second-order valence-corrected chi connectivity index (χ2v) is 10.2. The number of hydrogen-bond donors (Lipinski definition) is 1. The van der Waals surface area contributed by atoms with E-state index in [-0.39, 0.29) is 11.7 Å². The molecule has 184 valence electrons. The molecule has 9 heteroatoms. The Morgan fingerprint density at radius 2 is 1.88 bits per heavy atom. The van der Waals surface area contributed by atoms with Gasteiger partial charge < -0.3 is 24.5 Å². The molecule has 0 saturated carbocycles. The maximum absolute atomic E-state index is 11.5. The summed E-state index contributed by atoms with van der Waals surface area (Å²) in [7, 11) is 0. The number of hydrogen-bond acceptors (Lipinski definition) is 7. The lowest BCUT2D eigenvalue weighted by Gasteiger charge is -2.29. The van der Waals surface area contributed by atoms with Crippen LogP contribution in [0.2, 0.25) is 0 Å². The van der Waals surface area contributed by atoms with Gasteiger partial charge in [0.2, 0.25) is 0 Å². The van der Waals surface area contributed by atoms with Crippen molar-refractivity contribution >= 4 is 34.3 Å². The van der Waals surface area contributed by atoms with Gasteiger partial charge in [0, 0.05) is 18.5 Å². The molecule has 0 radical (unpaired) electrons. The number of carbonyl (C=O) groups is 2. The van der Waals surface area contributed by atoms with E-state index in [1.54, 1.807) is 40.8 Å². The minimum absolute atomic E-state index is 0.160. The largest absolute Gasteiger partial charge is 0.488 e. The minimum Gasteiger partial charge on any atom is -0.488 e. The second kappa shape index (κ2) is 10.9. The smallest absolute Gasteiger partial charge is 0.410 e. The molecule has 1 aromatic carbocycles. The van der Waals surface area contributed by atoms with Gasteiger partial charge in [-0.1, -0.05) is 0 Å². The van der Waals surface area contributed by atoms with E-state index in [0.717, 1.165) is 36.5 Å². The first kappa shape index (κ1) is 25.6. The highest BCUT2D eigenvalue weighted by atomic mass is 32.1. The molecule has 3 heterocycles. The number of rotatable bonds is 4. The molecular formula is C25H33N3O5S. The zero-order valence-electron chi connectivity index (χ0n) is 20.5. The number of amides is 2. The summed E-state index contributed by atoms with van der Waals surface area (Å²) in [5.41, 5.74) is 8.83. The number of carbonyl (C=O) groups excluding carboxylic acids is 2. The standard InChI is InChI=1S/C15H14N2O3S.C10H19NO2/c1-8-13(21-7-17-8)6-19-10-3-4-12-11(5-10)14(15(16)18)9(2)20-12;1-10(2,3)13-9(12)11-7-5-4-6-8-11/h3-5,7H,6H2,1-2H3,(H2,16,18);4-8H2,1-3H3. The number of fused-ring (bicyclic) bond motifs is 1. The van der Waals surface area contributed by atoms with Crippen molar-refractivity contribution in [2.45, 2.75) is 66.1 Å². The Labute approximate surface area is 204 Å². The molecule has 2 amide bonds. The van der Waals surface area contributed by atoms with Gasteiger partial charge in [0.15, 0.2) is 0 Å². The summed E-state index contributed by atoms with van der Waals surface area (Å²) in [5, 5.41) is 0.679. The van der Waals surface area contributed by atoms with Gasteiger partial charge in [0.25, 0.3) is 5.91 Å². The van der Waals surface area contributed by atoms with Crippen LogP contribution in [0.15, 0.2) is 28.1 Å². The number of primary amides is 1. The van der Waals surface area contributed by atoms with Gasteiger partial charge in [0.05, 0.1) is 21.6 Å². The summed E-state index contributed by atoms with van der Waals surface area (Å²) < 4.78 is 16.5. The summed E-state index contributed by atoms with van der Waals surface area (Å²) in [4.78, 5) is 30.1. The Morgan fingerprint density at radius 3 is 2.47 bits per heavy atom. The summed E-state index contributed by atoms with van der Waals surface area (Å²) in [5.74, 6) is 0.688. The lowest BCUT2D eigenvalue weighted by atomic mass is 10.1. The van der Waals surface area contributed by atoms with Gasteiger partial charge in [0.1, 0.15) is 29.3 Å². The number of ether oxygens (including phenoxy) is 2. The zero-order chi connectivity index (χ0) is 24.9. The number of benzene rings is 1. The second-order valence-electron chi connectivity index (χ2n) is 9.23. The number of piperidine rings is 1. The van der Waals surface area contributed by atoms with Crippen LogP contribution in [0.3, 0.4) is 0 Å². The van der Waals surface area contributed by atoms with Crippen LogP contribution in [0.1, 0.15) is 66.7 Å². The summed E-state index contributed by atoms with van der Waals surface area (Å²) in [6.07, 6.45) is 3.30. The number of likely N-dealkylation sites (tertiary alicyclic amines) is 1. The van der Waals surface area contributed by atoms with Crippen LogP contribution >= 0.6 is 11.3 Å². The van der Waals surface area contributed by atoms with E-state index in [1.165, 1.54) is 6.42 Å². The Morgan fingerprint density at radius 1 is 1.18 bits per heavy atom. The highest BCUT2D eigenvalue weighted by molar-refractivity contribution is 7.09. The molecule has 0 aliphatic carbocycles. The number of aryl methyl sites for hydroxylation is 2. The van der Waals surface area contributed by atoms with Crippen LogP contribution in [0, 0.1) is 13.8 Å². The summed E-state index contributed by atoms with van der Waals surface area (Å²) in [6, 6.07) is 5.37. The highest BCUT2D eigenvalue weighted by Gasteiger charge is 2.23. The maximum Gasteiger partial charge on any atom is 0.410 e. The lowest BCUT2D eigenvalue weighted by molar-refractivity contribution is 0.0216. The van der Waals surface area contributed by atoms with Crippen molar-refractivity contribution in [3.63, 3.8) is 0 Å². The van der Waals surface area contributed by atoms with Crippen LogP contribution in [0.5, 0.6) is 5.75 Å². The van der Waals surface area contributed by atoms with Crippen molar-refractivity contribution < 1.29 is 23.5 Å². The third-order valence-corrected chi connectivity index (χ3v) is 6.21. The molecule has 2 N–H and O–H groups in total. The molecule has 8 nitrogen and oxygen atoms in total. The molecule has 0 spiro atoms. The van der Waals surface area contributed by atoms with Crippen molar-refractivity contribution in [3.05, 3.63) is 45.6 Å². The van der Waals surface area contributed by atoms with Crippen molar-refractivity contribution in [3.8, 4) is 5.75 Å². The molecule has 0 unspecified atom stereocenters. The maximum atomic E-state index is 11.5. The van der Waals surface area contributed by atoms with Crippen LogP contribution in [-0.4, -0.2) is 40.6 Å². The Bertz CT molecular complexity index is 1140. The predicted molar refractivity (Wildman–Crippen MR) is 132 cm³/mol. The molecular weight excluding hydrogens is 454 g/mol. The minimum atomic E-state index is -0.498. The lowest BCUT2D eigenvalue weighted by Crippen LogP contribution is -2.39. The molecule has 4 rings (SSSR count). The number of nitrogens with two attached hydrogens (primary N) is 1. The van der Waals surface area contributed by atoms with E-state index in [2.05, 4.69) is 4.98 Å². The fraction of sp³-hybridized carbons (Fsp3) is 0.480. The predicted octanol–water partition coefficient (Wildman–Crippen LogP) is 5.59. The van der Waals surface area contributed by atoms with E-state index in [1.807, 2.05) is 33.8 Å². The molecule has 1 saturated heterocycles. The summed E-state index contributed by atoms with van der Waals surface area (Å²) in [6.45, 7) is 11.5. The van der Waals surface area contributed by atoms with E-state index in [0.29, 0.717) is 34.6 Å². The van der Waals surface area contributed by atoms with Crippen LogP contribution < -0.4 is 10.5 Å². The van der Waals surface area contributed by atoms with E-state index >= 15 is 0 Å². The number of nitrogens with zero attached hydrogens (tertiary/aromatic N) is 2. The van der Waals surface area contributed by atoms with Crippen molar-refractivity contribution in [2.75, 3.05) is 13.1 Å². The first-order chi connectivity index (χ1) is 16.0. The van der Waals surface area contributed by atoms with Crippen LogP contribution in [0.4, 0.5) is 4.79 Å². The first-order valence-electron chi connectivity index (χ1n) is 11.4. The van der Waals surface area contributed by atoms with E-state index in [9.17, 15) is 9.59 Å². The van der Waals surface area contributed by atoms with Crippen molar-refractivity contribution in [1.29, 1.82) is 0 Å².